The minimum Gasteiger partial charge on any atom is -0.390 e. The molecule has 0 aliphatic carbocycles. The summed E-state index contributed by atoms with van der Waals surface area (Å²) in [6.07, 6.45) is 0.629. The molecule has 0 radical (unpaired) electrons. The molecule has 0 bridgehead atoms. The van der Waals surface area contributed by atoms with Crippen LogP contribution in [-0.2, 0) is 0 Å². The zero-order valence-electron chi connectivity index (χ0n) is 7.90. The highest BCUT2D eigenvalue weighted by Crippen LogP contribution is 2.13. The fourth-order valence-corrected chi connectivity index (χ4v) is 1.62. The van der Waals surface area contributed by atoms with Crippen molar-refractivity contribution in [1.29, 1.82) is 0 Å². The number of hydrogen-bond donors (Lipinski definition) is 2. The van der Waals surface area contributed by atoms with Crippen LogP contribution in [0.1, 0.15) is 26.7 Å². The zero-order valence-corrected chi connectivity index (χ0v) is 7.90. The average Bonchev–Trinajstić information content (AvgIpc) is 2.15. The molecule has 0 amide bonds. The first-order valence-electron chi connectivity index (χ1n) is 4.71. The summed E-state index contributed by atoms with van der Waals surface area (Å²) in [6, 6.07) is 0.463. The minimum absolute atomic E-state index is 0.463. The molecule has 1 heterocycles. The van der Waals surface area contributed by atoms with Crippen molar-refractivity contribution in [3.8, 4) is 0 Å². The molecule has 0 saturated carbocycles. The van der Waals surface area contributed by atoms with Crippen molar-refractivity contribution in [2.24, 2.45) is 0 Å². The molecule has 1 aliphatic heterocycles. The van der Waals surface area contributed by atoms with E-state index in [1.165, 1.54) is 0 Å². The van der Waals surface area contributed by atoms with Gasteiger partial charge in [0.05, 0.1) is 12.2 Å². The van der Waals surface area contributed by atoms with Gasteiger partial charge in [-0.25, -0.2) is 0 Å². The van der Waals surface area contributed by atoms with Crippen LogP contribution >= 0.6 is 0 Å². The van der Waals surface area contributed by atoms with Gasteiger partial charge in [0.15, 0.2) is 0 Å². The van der Waals surface area contributed by atoms with Crippen molar-refractivity contribution in [2.45, 2.75) is 44.9 Å². The second-order valence-electron chi connectivity index (χ2n) is 3.87. The van der Waals surface area contributed by atoms with Crippen molar-refractivity contribution < 1.29 is 10.2 Å². The highest BCUT2D eigenvalue weighted by Gasteiger charge is 2.24. The van der Waals surface area contributed by atoms with Gasteiger partial charge >= 0.3 is 0 Å². The first kappa shape index (κ1) is 9.96. The van der Waals surface area contributed by atoms with Crippen LogP contribution in [0.15, 0.2) is 0 Å². The van der Waals surface area contributed by atoms with E-state index in [0.717, 1.165) is 19.4 Å². The third-order valence-corrected chi connectivity index (χ3v) is 2.54. The lowest BCUT2D eigenvalue weighted by Gasteiger charge is -2.26. The second-order valence-corrected chi connectivity index (χ2v) is 3.87. The Hall–Kier alpha value is -0.120. The Bertz CT molecular complexity index is 138. The van der Waals surface area contributed by atoms with Crippen LogP contribution in [0.4, 0.5) is 0 Å². The molecule has 0 spiro atoms. The molecule has 1 aliphatic rings. The van der Waals surface area contributed by atoms with Gasteiger partial charge in [-0.05, 0) is 33.2 Å². The largest absolute Gasteiger partial charge is 0.390 e. The van der Waals surface area contributed by atoms with Crippen LogP contribution in [0.3, 0.4) is 0 Å². The van der Waals surface area contributed by atoms with Gasteiger partial charge in [-0.1, -0.05) is 0 Å². The van der Waals surface area contributed by atoms with Gasteiger partial charge in [-0.15, -0.1) is 0 Å². The molecular formula is C9H19NO2. The van der Waals surface area contributed by atoms with Crippen LogP contribution < -0.4 is 0 Å². The molecule has 0 aromatic carbocycles. The molecule has 3 heteroatoms. The zero-order chi connectivity index (χ0) is 9.14. The molecule has 2 atom stereocenters. The molecule has 1 fully saturated rings. The summed E-state index contributed by atoms with van der Waals surface area (Å²) >= 11 is 0. The standard InChI is InChI=1S/C9H19NO2/c1-7(2)10-5-3-4-8(11)9(12)6-10/h7-9,11-12H,3-6H2,1-2H3. The lowest BCUT2D eigenvalue weighted by molar-refractivity contribution is 0.00500. The molecule has 2 N–H and O–H groups in total. The van der Waals surface area contributed by atoms with Crippen molar-refractivity contribution >= 4 is 0 Å². The summed E-state index contributed by atoms with van der Waals surface area (Å²) in [6.45, 7) is 5.83. The predicted octanol–water partition coefficient (Wildman–Crippen LogP) is 0.212. The Kier molecular flexibility index (Phi) is 3.50. The third kappa shape index (κ3) is 2.44. The number of aliphatic hydroxyl groups is 2. The van der Waals surface area contributed by atoms with Crippen LogP contribution in [0.2, 0.25) is 0 Å². The van der Waals surface area contributed by atoms with E-state index in [2.05, 4.69) is 18.7 Å². The smallest absolute Gasteiger partial charge is 0.0925 e. The van der Waals surface area contributed by atoms with E-state index in [9.17, 15) is 10.2 Å². The van der Waals surface area contributed by atoms with E-state index in [0.29, 0.717) is 12.6 Å². The molecular weight excluding hydrogens is 154 g/mol. The molecule has 12 heavy (non-hydrogen) atoms. The summed E-state index contributed by atoms with van der Waals surface area (Å²) in [5.41, 5.74) is 0. The molecule has 0 aromatic rings. The Morgan fingerprint density at radius 2 is 1.92 bits per heavy atom. The van der Waals surface area contributed by atoms with Crippen molar-refractivity contribution in [1.82, 2.24) is 4.90 Å². The van der Waals surface area contributed by atoms with Gasteiger partial charge in [0, 0.05) is 12.6 Å². The van der Waals surface area contributed by atoms with Crippen molar-refractivity contribution in [3.05, 3.63) is 0 Å². The topological polar surface area (TPSA) is 43.7 Å². The fourth-order valence-electron chi connectivity index (χ4n) is 1.62. The van der Waals surface area contributed by atoms with E-state index >= 15 is 0 Å². The summed E-state index contributed by atoms with van der Waals surface area (Å²) in [5.74, 6) is 0. The highest BCUT2D eigenvalue weighted by atomic mass is 16.3. The van der Waals surface area contributed by atoms with Crippen LogP contribution in [0.25, 0.3) is 0 Å². The van der Waals surface area contributed by atoms with E-state index in [1.54, 1.807) is 0 Å². The third-order valence-electron chi connectivity index (χ3n) is 2.54. The van der Waals surface area contributed by atoms with Gasteiger partial charge in [-0.2, -0.15) is 0 Å². The summed E-state index contributed by atoms with van der Waals surface area (Å²) in [5, 5.41) is 18.9. The second kappa shape index (κ2) is 4.21. The van der Waals surface area contributed by atoms with Crippen molar-refractivity contribution in [3.63, 3.8) is 0 Å². The maximum absolute atomic E-state index is 9.49. The van der Waals surface area contributed by atoms with Crippen molar-refractivity contribution in [2.75, 3.05) is 13.1 Å². The first-order chi connectivity index (χ1) is 5.61. The number of rotatable bonds is 1. The van der Waals surface area contributed by atoms with Gasteiger partial charge in [0.1, 0.15) is 0 Å². The van der Waals surface area contributed by atoms with Crippen LogP contribution in [0, 0.1) is 0 Å². The highest BCUT2D eigenvalue weighted by molar-refractivity contribution is 4.78. The maximum Gasteiger partial charge on any atom is 0.0925 e. The monoisotopic (exact) mass is 173 g/mol. The van der Waals surface area contributed by atoms with E-state index in [-0.39, 0.29) is 0 Å². The van der Waals surface area contributed by atoms with Crippen LogP contribution in [0.5, 0.6) is 0 Å². The van der Waals surface area contributed by atoms with Gasteiger partial charge in [0.2, 0.25) is 0 Å². The summed E-state index contributed by atoms with van der Waals surface area (Å²) in [7, 11) is 0. The number of aliphatic hydroxyl groups excluding tert-OH is 2. The van der Waals surface area contributed by atoms with Gasteiger partial charge in [0.25, 0.3) is 0 Å². The molecule has 72 valence electrons. The minimum atomic E-state index is -0.560. The molecule has 0 aromatic heterocycles. The normalized spacial score (nSPS) is 33.8. The van der Waals surface area contributed by atoms with Gasteiger partial charge < -0.3 is 10.2 Å². The number of β-amino-alcohol motifs (C(OH)–C–C–N with tert-alkyl or cyclic N) is 1. The fraction of sp³-hybridized carbons (Fsp3) is 1.00. The molecule has 1 saturated heterocycles. The molecule has 1 rings (SSSR count). The Balaban J connectivity index is 2.48. The first-order valence-corrected chi connectivity index (χ1v) is 4.71. The Morgan fingerprint density at radius 3 is 2.50 bits per heavy atom. The Labute approximate surface area is 74.0 Å². The van der Waals surface area contributed by atoms with Crippen LogP contribution in [-0.4, -0.2) is 46.5 Å². The quantitative estimate of drug-likeness (QED) is 0.596. The lowest BCUT2D eigenvalue weighted by Crippen LogP contribution is -2.39. The SMILES string of the molecule is CC(C)N1CCCC(O)C(O)C1. The van der Waals surface area contributed by atoms with E-state index < -0.39 is 12.2 Å². The number of nitrogens with zero attached hydrogens (tertiary/aromatic N) is 1. The maximum atomic E-state index is 9.49. The Morgan fingerprint density at radius 1 is 1.25 bits per heavy atom. The van der Waals surface area contributed by atoms with E-state index in [1.807, 2.05) is 0 Å². The average molecular weight is 173 g/mol. The lowest BCUT2D eigenvalue weighted by atomic mass is 10.1. The molecule has 3 nitrogen and oxygen atoms in total. The predicted molar refractivity (Wildman–Crippen MR) is 48.0 cm³/mol. The van der Waals surface area contributed by atoms with Gasteiger partial charge in [-0.3, -0.25) is 4.90 Å². The van der Waals surface area contributed by atoms with E-state index in [4.69, 9.17) is 0 Å². The number of likely N-dealkylation sites (tertiary alicyclic amines) is 1. The molecule has 2 unspecified atom stereocenters. The number of hydrogen-bond acceptors (Lipinski definition) is 3. The summed E-state index contributed by atoms with van der Waals surface area (Å²) < 4.78 is 0. The summed E-state index contributed by atoms with van der Waals surface area (Å²) in [4.78, 5) is 2.21.